The Morgan fingerprint density at radius 3 is 2.19 bits per heavy atom. The fourth-order valence-corrected chi connectivity index (χ4v) is 3.62. The second-order valence-electron chi connectivity index (χ2n) is 6.43. The fraction of sp³-hybridized carbons (Fsp3) is 0.625. The molecule has 1 atom stereocenters. The van der Waals surface area contributed by atoms with E-state index in [0.717, 1.165) is 12.0 Å². The standard InChI is InChI=1S/C16H26ClNO2S/c1-13(18-21(19,20)12-6-5-11-17)14-7-9-15(10-8-14)16(2,3)4/h7-10,13,18H,5-6,11-12H2,1-4H3. The molecule has 0 saturated carbocycles. The van der Waals surface area contributed by atoms with E-state index in [1.54, 1.807) is 0 Å². The summed E-state index contributed by atoms with van der Waals surface area (Å²) in [6, 6.07) is 7.89. The number of rotatable bonds is 7. The lowest BCUT2D eigenvalue weighted by molar-refractivity contribution is 0.563. The van der Waals surface area contributed by atoms with Gasteiger partial charge in [0.1, 0.15) is 0 Å². The fourth-order valence-electron chi connectivity index (χ4n) is 2.05. The number of hydrogen-bond donors (Lipinski definition) is 1. The summed E-state index contributed by atoms with van der Waals surface area (Å²) in [5.74, 6) is 0.628. The third-order valence-electron chi connectivity index (χ3n) is 3.43. The molecular weight excluding hydrogens is 306 g/mol. The van der Waals surface area contributed by atoms with Crippen molar-refractivity contribution in [3.8, 4) is 0 Å². The van der Waals surface area contributed by atoms with Gasteiger partial charge in [0.15, 0.2) is 0 Å². The van der Waals surface area contributed by atoms with Crippen LogP contribution in [0, 0.1) is 0 Å². The minimum Gasteiger partial charge on any atom is -0.212 e. The van der Waals surface area contributed by atoms with Crippen LogP contribution in [0.3, 0.4) is 0 Å². The monoisotopic (exact) mass is 331 g/mol. The average Bonchev–Trinajstić information content (AvgIpc) is 2.37. The molecule has 0 aliphatic carbocycles. The highest BCUT2D eigenvalue weighted by Gasteiger charge is 2.17. The van der Waals surface area contributed by atoms with Crippen molar-refractivity contribution in [1.29, 1.82) is 0 Å². The molecule has 0 spiro atoms. The average molecular weight is 332 g/mol. The van der Waals surface area contributed by atoms with E-state index in [9.17, 15) is 8.42 Å². The summed E-state index contributed by atoms with van der Waals surface area (Å²) in [5.41, 5.74) is 2.32. The second-order valence-corrected chi connectivity index (χ2v) is 8.68. The molecule has 0 bridgehead atoms. The molecule has 0 radical (unpaired) electrons. The third-order valence-corrected chi connectivity index (χ3v) is 5.24. The van der Waals surface area contributed by atoms with Gasteiger partial charge in [-0.1, -0.05) is 45.0 Å². The largest absolute Gasteiger partial charge is 0.212 e. The minimum atomic E-state index is -3.25. The number of hydrogen-bond acceptors (Lipinski definition) is 2. The Morgan fingerprint density at radius 1 is 1.14 bits per heavy atom. The maximum Gasteiger partial charge on any atom is 0.212 e. The van der Waals surface area contributed by atoms with Gasteiger partial charge in [0.05, 0.1) is 5.75 Å². The molecule has 1 aromatic rings. The molecule has 0 saturated heterocycles. The summed E-state index contributed by atoms with van der Waals surface area (Å²) in [4.78, 5) is 0. The van der Waals surface area contributed by atoms with Crippen molar-refractivity contribution in [2.45, 2.75) is 52.0 Å². The maximum atomic E-state index is 12.0. The van der Waals surface area contributed by atoms with Crippen molar-refractivity contribution >= 4 is 21.6 Å². The van der Waals surface area contributed by atoms with E-state index < -0.39 is 10.0 Å². The maximum absolute atomic E-state index is 12.0. The molecule has 0 fully saturated rings. The minimum absolute atomic E-state index is 0.100. The predicted octanol–water partition coefficient (Wildman–Crippen LogP) is 3.98. The summed E-state index contributed by atoms with van der Waals surface area (Å²) in [7, 11) is -3.25. The van der Waals surface area contributed by atoms with Crippen LogP contribution in [-0.2, 0) is 15.4 Å². The normalized spacial score (nSPS) is 14.1. The van der Waals surface area contributed by atoms with E-state index in [0.29, 0.717) is 12.3 Å². The zero-order valence-electron chi connectivity index (χ0n) is 13.3. The first-order valence-corrected chi connectivity index (χ1v) is 9.51. The number of benzene rings is 1. The van der Waals surface area contributed by atoms with Gasteiger partial charge in [-0.15, -0.1) is 11.6 Å². The van der Waals surface area contributed by atoms with Gasteiger partial charge >= 0.3 is 0 Å². The molecule has 0 aromatic heterocycles. The molecule has 0 aliphatic rings. The topological polar surface area (TPSA) is 46.2 Å². The summed E-state index contributed by atoms with van der Waals surface area (Å²) < 4.78 is 26.6. The van der Waals surface area contributed by atoms with Gasteiger partial charge in [-0.3, -0.25) is 0 Å². The Kier molecular flexibility index (Phi) is 6.70. The Labute approximate surface area is 134 Å². The summed E-state index contributed by atoms with van der Waals surface area (Å²) in [6.07, 6.45) is 1.31. The van der Waals surface area contributed by atoms with Crippen LogP contribution in [0.5, 0.6) is 0 Å². The van der Waals surface area contributed by atoms with Gasteiger partial charge in [0, 0.05) is 11.9 Å². The van der Waals surface area contributed by atoms with Crippen LogP contribution in [0.25, 0.3) is 0 Å². The summed E-state index contributed by atoms with van der Waals surface area (Å²) in [5, 5.41) is 0. The van der Waals surface area contributed by atoms with Crippen LogP contribution >= 0.6 is 11.6 Å². The first kappa shape index (κ1) is 18.5. The smallest absolute Gasteiger partial charge is 0.212 e. The summed E-state index contributed by atoms with van der Waals surface area (Å²) >= 11 is 5.57. The van der Waals surface area contributed by atoms with Crippen LogP contribution in [0.1, 0.15) is 57.7 Å². The Bertz CT molecular complexity index is 532. The molecule has 0 aliphatic heterocycles. The number of alkyl halides is 1. The lowest BCUT2D eigenvalue weighted by atomic mass is 9.86. The van der Waals surface area contributed by atoms with E-state index in [-0.39, 0.29) is 17.2 Å². The van der Waals surface area contributed by atoms with E-state index in [1.807, 2.05) is 19.1 Å². The van der Waals surface area contributed by atoms with Crippen molar-refractivity contribution in [2.24, 2.45) is 0 Å². The molecule has 21 heavy (non-hydrogen) atoms. The van der Waals surface area contributed by atoms with Gasteiger partial charge in [-0.2, -0.15) is 0 Å². The zero-order chi connectivity index (χ0) is 16.1. The molecule has 5 heteroatoms. The highest BCUT2D eigenvalue weighted by Crippen LogP contribution is 2.24. The van der Waals surface area contributed by atoms with Crippen molar-refractivity contribution in [3.05, 3.63) is 35.4 Å². The van der Waals surface area contributed by atoms with Crippen LogP contribution < -0.4 is 4.72 Å². The molecule has 3 nitrogen and oxygen atoms in total. The third kappa shape index (κ3) is 6.37. The Balaban J connectivity index is 2.69. The molecule has 1 rings (SSSR count). The van der Waals surface area contributed by atoms with E-state index >= 15 is 0 Å². The van der Waals surface area contributed by atoms with Gasteiger partial charge in [-0.05, 0) is 36.3 Å². The number of halogens is 1. The molecule has 1 N–H and O–H groups in total. The summed E-state index contributed by atoms with van der Waals surface area (Å²) in [6.45, 7) is 8.34. The van der Waals surface area contributed by atoms with Crippen LogP contribution in [0.15, 0.2) is 24.3 Å². The van der Waals surface area contributed by atoms with Crippen LogP contribution in [-0.4, -0.2) is 20.1 Å². The van der Waals surface area contributed by atoms with Crippen LogP contribution in [0.2, 0.25) is 0 Å². The van der Waals surface area contributed by atoms with E-state index in [4.69, 9.17) is 11.6 Å². The lowest BCUT2D eigenvalue weighted by Crippen LogP contribution is -2.29. The van der Waals surface area contributed by atoms with Crippen molar-refractivity contribution in [3.63, 3.8) is 0 Å². The Hall–Kier alpha value is -0.580. The van der Waals surface area contributed by atoms with Crippen LogP contribution in [0.4, 0.5) is 0 Å². The SMILES string of the molecule is CC(NS(=O)(=O)CCCCCl)c1ccc(C(C)(C)C)cc1. The molecule has 1 aromatic carbocycles. The predicted molar refractivity (Wildman–Crippen MR) is 90.4 cm³/mol. The van der Waals surface area contributed by atoms with Gasteiger partial charge in [0.2, 0.25) is 10.0 Å². The van der Waals surface area contributed by atoms with Gasteiger partial charge in [-0.25, -0.2) is 13.1 Å². The molecule has 120 valence electrons. The van der Waals surface area contributed by atoms with E-state index in [1.165, 1.54) is 5.56 Å². The molecular formula is C16H26ClNO2S. The molecule has 1 unspecified atom stereocenters. The molecule has 0 amide bonds. The zero-order valence-corrected chi connectivity index (χ0v) is 14.9. The van der Waals surface area contributed by atoms with Gasteiger partial charge in [0.25, 0.3) is 0 Å². The lowest BCUT2D eigenvalue weighted by Gasteiger charge is -2.20. The van der Waals surface area contributed by atoms with Crippen molar-refractivity contribution in [1.82, 2.24) is 4.72 Å². The first-order chi connectivity index (χ1) is 9.65. The number of nitrogens with one attached hydrogen (secondary N) is 1. The highest BCUT2D eigenvalue weighted by molar-refractivity contribution is 7.89. The quantitative estimate of drug-likeness (QED) is 0.606. The number of sulfonamides is 1. The van der Waals surface area contributed by atoms with Crippen molar-refractivity contribution < 1.29 is 8.42 Å². The highest BCUT2D eigenvalue weighted by atomic mass is 35.5. The second kappa shape index (κ2) is 7.61. The van der Waals surface area contributed by atoms with E-state index in [2.05, 4.69) is 37.6 Å². The Morgan fingerprint density at radius 2 is 1.71 bits per heavy atom. The first-order valence-electron chi connectivity index (χ1n) is 7.32. The molecule has 0 heterocycles. The van der Waals surface area contributed by atoms with Crippen molar-refractivity contribution in [2.75, 3.05) is 11.6 Å². The number of unbranched alkanes of at least 4 members (excludes halogenated alkanes) is 1. The van der Waals surface area contributed by atoms with Gasteiger partial charge < -0.3 is 0 Å².